The van der Waals surface area contributed by atoms with Gasteiger partial charge in [0.25, 0.3) is 5.91 Å². The minimum absolute atomic E-state index is 0.0607. The van der Waals surface area contributed by atoms with Gasteiger partial charge in [0.1, 0.15) is 12.1 Å². The fourth-order valence-electron chi connectivity index (χ4n) is 2.17. The summed E-state index contributed by atoms with van der Waals surface area (Å²) in [6, 6.07) is 5.28. The number of rotatable bonds is 7. The molecule has 6 nitrogen and oxygen atoms in total. The van der Waals surface area contributed by atoms with Crippen molar-refractivity contribution >= 4 is 5.91 Å². The van der Waals surface area contributed by atoms with Crippen LogP contribution in [-0.2, 0) is 6.54 Å². The zero-order valence-electron chi connectivity index (χ0n) is 12.9. The van der Waals surface area contributed by atoms with Crippen LogP contribution in [0.5, 0.6) is 5.75 Å². The Bertz CT molecular complexity index is 660. The van der Waals surface area contributed by atoms with Crippen LogP contribution in [0.4, 0.5) is 8.78 Å². The van der Waals surface area contributed by atoms with Crippen molar-refractivity contribution in [2.45, 2.75) is 39.5 Å². The molecule has 0 spiro atoms. The molecule has 0 aliphatic rings. The molecule has 0 bridgehead atoms. The lowest BCUT2D eigenvalue weighted by Crippen LogP contribution is -2.28. The van der Waals surface area contributed by atoms with Crippen molar-refractivity contribution < 1.29 is 18.3 Å². The van der Waals surface area contributed by atoms with E-state index in [4.69, 9.17) is 0 Å². The van der Waals surface area contributed by atoms with Gasteiger partial charge in [-0.1, -0.05) is 13.0 Å². The summed E-state index contributed by atoms with van der Waals surface area (Å²) >= 11 is 0. The Balaban J connectivity index is 2.07. The number of halogens is 2. The number of aryl methyl sites for hydroxylation is 1. The molecule has 124 valence electrons. The van der Waals surface area contributed by atoms with Gasteiger partial charge < -0.3 is 14.6 Å². The molecule has 2 rings (SSSR count). The third kappa shape index (κ3) is 4.48. The van der Waals surface area contributed by atoms with Crippen LogP contribution in [0.15, 0.2) is 30.6 Å². The van der Waals surface area contributed by atoms with Gasteiger partial charge in [-0.25, -0.2) is 0 Å². The quantitative estimate of drug-likeness (QED) is 0.850. The number of nitrogens with one attached hydrogen (secondary N) is 1. The molecule has 0 saturated carbocycles. The number of amides is 1. The third-order valence-electron chi connectivity index (χ3n) is 3.17. The zero-order valence-corrected chi connectivity index (χ0v) is 12.9. The van der Waals surface area contributed by atoms with E-state index in [1.165, 1.54) is 24.3 Å². The summed E-state index contributed by atoms with van der Waals surface area (Å²) in [5.74, 6) is 0.179. The highest BCUT2D eigenvalue weighted by Gasteiger charge is 2.17. The topological polar surface area (TPSA) is 69.0 Å². The molecule has 0 unspecified atom stereocenters. The second-order valence-corrected chi connectivity index (χ2v) is 4.98. The van der Waals surface area contributed by atoms with E-state index < -0.39 is 12.5 Å². The van der Waals surface area contributed by atoms with E-state index in [0.717, 1.165) is 13.0 Å². The van der Waals surface area contributed by atoms with Crippen LogP contribution in [-0.4, -0.2) is 27.3 Å². The largest absolute Gasteiger partial charge is 0.435 e. The Morgan fingerprint density at radius 1 is 1.43 bits per heavy atom. The minimum Gasteiger partial charge on any atom is -0.435 e. The van der Waals surface area contributed by atoms with E-state index in [-0.39, 0.29) is 17.4 Å². The summed E-state index contributed by atoms with van der Waals surface area (Å²) in [5.41, 5.74) is 0.233. The Hall–Kier alpha value is -2.51. The number of carbonyl (C=O) groups excluding carboxylic acids is 1. The number of hydrogen-bond acceptors (Lipinski definition) is 4. The molecule has 1 heterocycles. The molecule has 1 aromatic carbocycles. The first-order valence-corrected chi connectivity index (χ1v) is 7.24. The van der Waals surface area contributed by atoms with Crippen molar-refractivity contribution in [3.05, 3.63) is 42.0 Å². The normalized spacial score (nSPS) is 12.2. The average molecular weight is 324 g/mol. The van der Waals surface area contributed by atoms with Gasteiger partial charge in [0.05, 0.1) is 6.04 Å². The van der Waals surface area contributed by atoms with Gasteiger partial charge in [0.15, 0.2) is 5.82 Å². The summed E-state index contributed by atoms with van der Waals surface area (Å²) in [6.45, 7) is 1.63. The van der Waals surface area contributed by atoms with Gasteiger partial charge in [-0.2, -0.15) is 8.78 Å². The highest BCUT2D eigenvalue weighted by molar-refractivity contribution is 5.94. The molecule has 1 aromatic heterocycles. The molecule has 23 heavy (non-hydrogen) atoms. The second kappa shape index (κ2) is 7.66. The number of benzene rings is 1. The fourth-order valence-corrected chi connectivity index (χ4v) is 2.17. The van der Waals surface area contributed by atoms with Crippen molar-refractivity contribution in [3.8, 4) is 5.75 Å². The number of ether oxygens (including phenoxy) is 1. The van der Waals surface area contributed by atoms with Gasteiger partial charge in [0.2, 0.25) is 0 Å². The highest BCUT2D eigenvalue weighted by atomic mass is 19.3. The van der Waals surface area contributed by atoms with Crippen LogP contribution >= 0.6 is 0 Å². The van der Waals surface area contributed by atoms with Crippen LogP contribution in [0.1, 0.15) is 42.5 Å². The Labute approximate surface area is 132 Å². The lowest BCUT2D eigenvalue weighted by atomic mass is 10.2. The monoisotopic (exact) mass is 324 g/mol. The first-order chi connectivity index (χ1) is 11.0. The zero-order chi connectivity index (χ0) is 16.8. The maximum Gasteiger partial charge on any atom is 0.387 e. The molecule has 1 atom stereocenters. The SMILES string of the molecule is CCCn1cnnc1[C@@H](C)NC(=O)c1cccc(OC(F)F)c1. The molecule has 0 saturated heterocycles. The lowest BCUT2D eigenvalue weighted by molar-refractivity contribution is -0.0498. The van der Waals surface area contributed by atoms with E-state index in [0.29, 0.717) is 5.82 Å². The van der Waals surface area contributed by atoms with Crippen LogP contribution in [0, 0.1) is 0 Å². The molecule has 1 amide bonds. The van der Waals surface area contributed by atoms with Crippen molar-refractivity contribution in [2.75, 3.05) is 0 Å². The van der Waals surface area contributed by atoms with Gasteiger partial charge in [0, 0.05) is 12.1 Å². The maximum absolute atomic E-state index is 12.2. The molecular formula is C15H18F2N4O2. The molecule has 1 N–H and O–H groups in total. The highest BCUT2D eigenvalue weighted by Crippen LogP contribution is 2.17. The standard InChI is InChI=1S/C15H18F2N4O2/c1-3-7-21-9-18-20-13(21)10(2)19-14(22)11-5-4-6-12(8-11)23-15(16)17/h4-6,8-10,15H,3,7H2,1-2H3,(H,19,22)/t10-/m1/s1. The van der Waals surface area contributed by atoms with E-state index >= 15 is 0 Å². The molecular weight excluding hydrogens is 306 g/mol. The third-order valence-corrected chi connectivity index (χ3v) is 3.17. The van der Waals surface area contributed by atoms with Crippen molar-refractivity contribution in [1.29, 1.82) is 0 Å². The molecule has 0 aliphatic carbocycles. The summed E-state index contributed by atoms with van der Waals surface area (Å²) in [5, 5.41) is 10.6. The number of aromatic nitrogens is 3. The second-order valence-electron chi connectivity index (χ2n) is 4.98. The molecule has 8 heteroatoms. The Kier molecular flexibility index (Phi) is 5.61. The van der Waals surface area contributed by atoms with Gasteiger partial charge in [-0.15, -0.1) is 10.2 Å². The van der Waals surface area contributed by atoms with Crippen molar-refractivity contribution in [2.24, 2.45) is 0 Å². The van der Waals surface area contributed by atoms with E-state index in [1.807, 2.05) is 11.5 Å². The average Bonchev–Trinajstić information content (AvgIpc) is 2.95. The van der Waals surface area contributed by atoms with E-state index in [2.05, 4.69) is 20.3 Å². The van der Waals surface area contributed by atoms with Crippen molar-refractivity contribution in [1.82, 2.24) is 20.1 Å². The number of alkyl halides is 2. The first-order valence-electron chi connectivity index (χ1n) is 7.24. The number of hydrogen-bond donors (Lipinski definition) is 1. The lowest BCUT2D eigenvalue weighted by Gasteiger charge is -2.15. The van der Waals surface area contributed by atoms with Crippen LogP contribution < -0.4 is 10.1 Å². The van der Waals surface area contributed by atoms with Crippen LogP contribution in [0.2, 0.25) is 0 Å². The summed E-state index contributed by atoms with van der Waals surface area (Å²) in [6.07, 6.45) is 2.53. The summed E-state index contributed by atoms with van der Waals surface area (Å²) in [4.78, 5) is 12.2. The molecule has 0 radical (unpaired) electrons. The predicted octanol–water partition coefficient (Wildman–Crippen LogP) is 2.78. The molecule has 0 aliphatic heterocycles. The minimum atomic E-state index is -2.93. The molecule has 2 aromatic rings. The van der Waals surface area contributed by atoms with E-state index in [9.17, 15) is 13.6 Å². The van der Waals surface area contributed by atoms with Crippen molar-refractivity contribution in [3.63, 3.8) is 0 Å². The van der Waals surface area contributed by atoms with Gasteiger partial charge in [-0.05, 0) is 31.5 Å². The van der Waals surface area contributed by atoms with Crippen LogP contribution in [0.3, 0.4) is 0 Å². The Morgan fingerprint density at radius 2 is 2.22 bits per heavy atom. The van der Waals surface area contributed by atoms with Gasteiger partial charge in [-0.3, -0.25) is 4.79 Å². The van der Waals surface area contributed by atoms with Crippen LogP contribution in [0.25, 0.3) is 0 Å². The summed E-state index contributed by atoms with van der Waals surface area (Å²) in [7, 11) is 0. The Morgan fingerprint density at radius 3 is 2.91 bits per heavy atom. The smallest absolute Gasteiger partial charge is 0.387 e. The number of carbonyl (C=O) groups is 1. The molecule has 0 fully saturated rings. The first kappa shape index (κ1) is 16.9. The maximum atomic E-state index is 12.2. The predicted molar refractivity (Wildman–Crippen MR) is 79.3 cm³/mol. The van der Waals surface area contributed by atoms with E-state index in [1.54, 1.807) is 13.3 Å². The fraction of sp³-hybridized carbons (Fsp3) is 0.400. The number of nitrogens with zero attached hydrogens (tertiary/aromatic N) is 3. The summed E-state index contributed by atoms with van der Waals surface area (Å²) < 4.78 is 30.6. The van der Waals surface area contributed by atoms with Gasteiger partial charge >= 0.3 is 6.61 Å².